The molecule has 2 nitrogen and oxygen atoms in total. The van der Waals surface area contributed by atoms with Gasteiger partial charge in [0.25, 0.3) is 0 Å². The molecule has 0 aromatic carbocycles. The zero-order valence-electron chi connectivity index (χ0n) is 6.43. The van der Waals surface area contributed by atoms with Crippen LogP contribution in [0.5, 0.6) is 0 Å². The number of aliphatic hydroxyl groups excluding tert-OH is 1. The van der Waals surface area contributed by atoms with Crippen LogP contribution in [0.15, 0.2) is 0 Å². The highest BCUT2D eigenvalue weighted by Gasteiger charge is 1.92. The van der Waals surface area contributed by atoms with E-state index >= 15 is 0 Å². The Morgan fingerprint density at radius 1 is 1.70 bits per heavy atom. The Hall–Kier alpha value is -0.520. The van der Waals surface area contributed by atoms with Gasteiger partial charge in [0.15, 0.2) is 0 Å². The summed E-state index contributed by atoms with van der Waals surface area (Å²) >= 11 is 0. The van der Waals surface area contributed by atoms with E-state index in [4.69, 9.17) is 11.5 Å². The maximum Gasteiger partial charge on any atom is 0.0573 e. The molecule has 0 radical (unpaired) electrons. The molecule has 0 rings (SSSR count). The summed E-state index contributed by atoms with van der Waals surface area (Å²) in [6.45, 7) is 3.32. The van der Waals surface area contributed by atoms with E-state index in [1.54, 1.807) is 6.92 Å². The van der Waals surface area contributed by atoms with Gasteiger partial charge >= 0.3 is 0 Å². The Balaban J connectivity index is 2.86. The Kier molecular flexibility index (Phi) is 6.25. The van der Waals surface area contributed by atoms with E-state index in [2.05, 4.69) is 11.2 Å². The Bertz CT molecular complexity index is 104. The predicted molar refractivity (Wildman–Crippen MR) is 42.6 cm³/mol. The van der Waals surface area contributed by atoms with Gasteiger partial charge in [0, 0.05) is 0 Å². The minimum absolute atomic E-state index is 0.187. The van der Waals surface area contributed by atoms with Crippen molar-refractivity contribution in [1.29, 1.82) is 0 Å². The van der Waals surface area contributed by atoms with Gasteiger partial charge < -0.3 is 10.4 Å². The Morgan fingerprint density at radius 2 is 2.40 bits per heavy atom. The predicted octanol–water partition coefficient (Wildman–Crippen LogP) is 0.370. The van der Waals surface area contributed by atoms with E-state index in [-0.39, 0.29) is 6.10 Å². The fourth-order valence-electron chi connectivity index (χ4n) is 0.683. The summed E-state index contributed by atoms with van der Waals surface area (Å²) in [6.07, 6.45) is 6.65. The molecule has 0 saturated carbocycles. The average Bonchev–Trinajstić information content (AvgIpc) is 1.87. The first-order valence-corrected chi connectivity index (χ1v) is 3.59. The van der Waals surface area contributed by atoms with Crippen molar-refractivity contribution in [3.63, 3.8) is 0 Å². The largest absolute Gasteiger partial charge is 0.393 e. The molecule has 58 valence electrons. The van der Waals surface area contributed by atoms with E-state index in [9.17, 15) is 0 Å². The zero-order valence-corrected chi connectivity index (χ0v) is 6.43. The van der Waals surface area contributed by atoms with Crippen molar-refractivity contribution in [2.24, 2.45) is 0 Å². The maximum absolute atomic E-state index is 8.84. The van der Waals surface area contributed by atoms with Crippen molar-refractivity contribution in [2.75, 3.05) is 13.1 Å². The van der Waals surface area contributed by atoms with Crippen molar-refractivity contribution < 1.29 is 5.11 Å². The summed E-state index contributed by atoms with van der Waals surface area (Å²) in [7, 11) is 0. The molecule has 2 N–H and O–H groups in total. The summed E-state index contributed by atoms with van der Waals surface area (Å²) in [5, 5.41) is 11.9. The molecule has 0 aliphatic heterocycles. The molecule has 0 aliphatic carbocycles. The van der Waals surface area contributed by atoms with Crippen molar-refractivity contribution >= 4 is 0 Å². The van der Waals surface area contributed by atoms with Gasteiger partial charge in [-0.3, -0.25) is 0 Å². The van der Waals surface area contributed by atoms with Crippen molar-refractivity contribution in [1.82, 2.24) is 5.32 Å². The van der Waals surface area contributed by atoms with Crippen LogP contribution in [0.1, 0.15) is 19.8 Å². The van der Waals surface area contributed by atoms with Crippen LogP contribution >= 0.6 is 0 Å². The van der Waals surface area contributed by atoms with Crippen LogP contribution in [-0.2, 0) is 0 Å². The molecule has 10 heavy (non-hydrogen) atoms. The smallest absolute Gasteiger partial charge is 0.0573 e. The number of hydrogen-bond donors (Lipinski definition) is 2. The van der Waals surface area contributed by atoms with Gasteiger partial charge in [-0.05, 0) is 26.3 Å². The third kappa shape index (κ3) is 7.48. The van der Waals surface area contributed by atoms with E-state index in [1.807, 2.05) is 0 Å². The molecule has 1 atom stereocenters. The highest BCUT2D eigenvalue weighted by Crippen LogP contribution is 1.92. The number of rotatable bonds is 5. The van der Waals surface area contributed by atoms with Crippen LogP contribution in [0, 0.1) is 12.3 Å². The molecular formula is C8H15NO. The van der Waals surface area contributed by atoms with E-state index < -0.39 is 0 Å². The van der Waals surface area contributed by atoms with Gasteiger partial charge in [0.05, 0.1) is 12.6 Å². The second-order valence-electron chi connectivity index (χ2n) is 2.37. The molecule has 0 aromatic heterocycles. The summed E-state index contributed by atoms with van der Waals surface area (Å²) < 4.78 is 0. The lowest BCUT2D eigenvalue weighted by Crippen LogP contribution is -2.16. The fourth-order valence-corrected chi connectivity index (χ4v) is 0.683. The number of nitrogens with one attached hydrogen (secondary N) is 1. The monoisotopic (exact) mass is 141 g/mol. The molecule has 0 spiro atoms. The lowest BCUT2D eigenvalue weighted by molar-refractivity contribution is 0.181. The molecule has 0 aromatic rings. The Labute approximate surface area is 62.6 Å². The first-order chi connectivity index (χ1) is 4.77. The van der Waals surface area contributed by atoms with Crippen LogP contribution in [0.2, 0.25) is 0 Å². The maximum atomic E-state index is 8.84. The molecule has 0 aliphatic rings. The quantitative estimate of drug-likeness (QED) is 0.428. The molecule has 0 saturated heterocycles. The van der Waals surface area contributed by atoms with Gasteiger partial charge in [-0.25, -0.2) is 0 Å². The molecule has 2 heteroatoms. The number of aliphatic hydroxyl groups is 1. The highest BCUT2D eigenvalue weighted by molar-refractivity contribution is 4.86. The van der Waals surface area contributed by atoms with E-state index in [0.717, 1.165) is 19.4 Å². The summed E-state index contributed by atoms with van der Waals surface area (Å²) in [5.41, 5.74) is 0. The van der Waals surface area contributed by atoms with Gasteiger partial charge in [-0.1, -0.05) is 5.92 Å². The minimum Gasteiger partial charge on any atom is -0.393 e. The third-order valence-electron chi connectivity index (χ3n) is 1.20. The van der Waals surface area contributed by atoms with Gasteiger partial charge in [-0.15, -0.1) is 6.42 Å². The second kappa shape index (κ2) is 6.60. The normalized spacial score (nSPS) is 12.5. The highest BCUT2D eigenvalue weighted by atomic mass is 16.3. The lowest BCUT2D eigenvalue weighted by atomic mass is 10.2. The molecule has 0 fully saturated rings. The lowest BCUT2D eigenvalue weighted by Gasteiger charge is -2.02. The average molecular weight is 141 g/mol. The molecule has 0 amide bonds. The third-order valence-corrected chi connectivity index (χ3v) is 1.20. The number of hydrogen-bond acceptors (Lipinski definition) is 2. The topological polar surface area (TPSA) is 32.3 Å². The van der Waals surface area contributed by atoms with Crippen LogP contribution in [-0.4, -0.2) is 24.3 Å². The molecule has 0 heterocycles. The second-order valence-corrected chi connectivity index (χ2v) is 2.37. The summed E-state index contributed by atoms with van der Waals surface area (Å²) in [6, 6.07) is 0. The van der Waals surface area contributed by atoms with E-state index in [1.165, 1.54) is 0 Å². The van der Waals surface area contributed by atoms with Gasteiger partial charge in [0.1, 0.15) is 0 Å². The molecule has 1 unspecified atom stereocenters. The van der Waals surface area contributed by atoms with Crippen molar-refractivity contribution in [3.05, 3.63) is 0 Å². The molecular weight excluding hydrogens is 126 g/mol. The SMILES string of the molecule is C#CCNCCCC(C)O. The standard InChI is InChI=1S/C8H15NO/c1-3-6-9-7-4-5-8(2)10/h1,8-10H,4-7H2,2H3. The first-order valence-electron chi connectivity index (χ1n) is 3.59. The van der Waals surface area contributed by atoms with Crippen molar-refractivity contribution in [3.8, 4) is 12.3 Å². The van der Waals surface area contributed by atoms with Gasteiger partial charge in [0.2, 0.25) is 0 Å². The summed E-state index contributed by atoms with van der Waals surface area (Å²) in [5.74, 6) is 2.48. The van der Waals surface area contributed by atoms with Crippen LogP contribution in [0.4, 0.5) is 0 Å². The minimum atomic E-state index is -0.187. The van der Waals surface area contributed by atoms with Crippen molar-refractivity contribution in [2.45, 2.75) is 25.9 Å². The Morgan fingerprint density at radius 3 is 2.90 bits per heavy atom. The zero-order chi connectivity index (χ0) is 7.82. The van der Waals surface area contributed by atoms with Gasteiger partial charge in [-0.2, -0.15) is 0 Å². The van der Waals surface area contributed by atoms with Crippen LogP contribution < -0.4 is 5.32 Å². The van der Waals surface area contributed by atoms with Crippen LogP contribution in [0.3, 0.4) is 0 Å². The first kappa shape index (κ1) is 9.48. The fraction of sp³-hybridized carbons (Fsp3) is 0.750. The molecule has 0 bridgehead atoms. The number of terminal acetylenes is 1. The summed E-state index contributed by atoms with van der Waals surface area (Å²) in [4.78, 5) is 0. The van der Waals surface area contributed by atoms with Crippen LogP contribution in [0.25, 0.3) is 0 Å². The van der Waals surface area contributed by atoms with E-state index in [0.29, 0.717) is 6.54 Å².